The molecule has 3 amide bonds. The van der Waals surface area contributed by atoms with Gasteiger partial charge in [0.2, 0.25) is 5.92 Å². The van der Waals surface area contributed by atoms with Gasteiger partial charge in [0.05, 0.1) is 56.0 Å². The van der Waals surface area contributed by atoms with Crippen LogP contribution in [-0.2, 0) is 11.2 Å². The van der Waals surface area contributed by atoms with Crippen LogP contribution in [0.25, 0.3) is 5.65 Å². The molecule has 1 aliphatic heterocycles. The van der Waals surface area contributed by atoms with Crippen molar-refractivity contribution < 1.29 is 36.5 Å². The van der Waals surface area contributed by atoms with Crippen LogP contribution in [0.5, 0.6) is 0 Å². The highest BCUT2D eigenvalue weighted by molar-refractivity contribution is 5.93. The van der Waals surface area contributed by atoms with Crippen LogP contribution in [0.3, 0.4) is 0 Å². The molecule has 2 saturated carbocycles. The Kier molecular flexibility index (Phi) is 7.73. The van der Waals surface area contributed by atoms with Crippen LogP contribution in [0.15, 0.2) is 23.1 Å². The van der Waals surface area contributed by atoms with Gasteiger partial charge in [0.15, 0.2) is 11.3 Å². The minimum atomic E-state index is -3.12. The number of imidazole rings is 1. The quantitative estimate of drug-likeness (QED) is 0.331. The zero-order chi connectivity index (χ0) is 30.4. The van der Waals surface area contributed by atoms with E-state index >= 15 is 0 Å². The van der Waals surface area contributed by atoms with Crippen LogP contribution in [0.2, 0.25) is 0 Å². The van der Waals surface area contributed by atoms with Crippen molar-refractivity contribution in [3.8, 4) is 0 Å². The zero-order valence-electron chi connectivity index (χ0n) is 23.4. The van der Waals surface area contributed by atoms with Gasteiger partial charge < -0.3 is 20.3 Å². The molecular weight excluding hydrogens is 576 g/mol. The molecular formula is C27H32F4N8O4. The number of carbonyl (C=O) groups is 2. The summed E-state index contributed by atoms with van der Waals surface area (Å²) in [6.45, 7) is 0.267. The van der Waals surface area contributed by atoms with E-state index in [1.165, 1.54) is 10.7 Å². The maximum Gasteiger partial charge on any atom is 0.318 e. The first-order valence-electron chi connectivity index (χ1n) is 14.4. The summed E-state index contributed by atoms with van der Waals surface area (Å²) in [4.78, 5) is 31.6. The van der Waals surface area contributed by atoms with Crippen molar-refractivity contribution in [2.24, 2.45) is 5.92 Å². The van der Waals surface area contributed by atoms with E-state index in [4.69, 9.17) is 9.37 Å². The molecule has 4 heterocycles. The van der Waals surface area contributed by atoms with Crippen molar-refractivity contribution in [1.29, 1.82) is 0 Å². The summed E-state index contributed by atoms with van der Waals surface area (Å²) in [6.07, 6.45) is 4.86. The lowest BCUT2D eigenvalue weighted by Crippen LogP contribution is -2.58. The summed E-state index contributed by atoms with van der Waals surface area (Å²) < 4.78 is 68.7. The van der Waals surface area contributed by atoms with Gasteiger partial charge in [0.25, 0.3) is 11.8 Å². The number of nitrogens with one attached hydrogen (secondary N) is 2. The normalized spacial score (nSPS) is 21.9. The van der Waals surface area contributed by atoms with Crippen LogP contribution >= 0.6 is 0 Å². The van der Waals surface area contributed by atoms with Crippen LogP contribution < -0.4 is 10.6 Å². The number of urea groups is 1. The molecule has 3 aromatic heterocycles. The molecule has 2 N–H and O–H groups in total. The second-order valence-electron chi connectivity index (χ2n) is 11.5. The van der Waals surface area contributed by atoms with E-state index in [9.17, 15) is 27.2 Å². The van der Waals surface area contributed by atoms with E-state index in [-0.39, 0.29) is 50.0 Å². The molecule has 2 atom stereocenters. The van der Waals surface area contributed by atoms with Gasteiger partial charge in [-0.2, -0.15) is 5.10 Å². The number of aromatic nitrogens is 5. The van der Waals surface area contributed by atoms with Crippen molar-refractivity contribution in [3.63, 3.8) is 0 Å². The lowest BCUT2D eigenvalue weighted by atomic mass is 9.81. The molecule has 0 bridgehead atoms. The predicted octanol–water partition coefficient (Wildman–Crippen LogP) is 3.85. The Morgan fingerprint density at radius 3 is 2.67 bits per heavy atom. The van der Waals surface area contributed by atoms with E-state index in [0.717, 1.165) is 17.7 Å². The number of fused-ring (bicyclic) bond motifs is 1. The van der Waals surface area contributed by atoms with Crippen LogP contribution in [-0.4, -0.2) is 79.4 Å². The van der Waals surface area contributed by atoms with Crippen LogP contribution in [0, 0.1) is 5.92 Å². The molecule has 3 aromatic rings. The number of carbonyl (C=O) groups excluding carboxylic acids is 2. The number of hydrogen-bond donors (Lipinski definition) is 2. The van der Waals surface area contributed by atoms with Crippen molar-refractivity contribution in [2.75, 3.05) is 19.7 Å². The topological polar surface area (TPSA) is 140 Å². The molecule has 43 heavy (non-hydrogen) atoms. The van der Waals surface area contributed by atoms with Crippen molar-refractivity contribution >= 4 is 17.6 Å². The fourth-order valence-electron chi connectivity index (χ4n) is 5.65. The summed E-state index contributed by atoms with van der Waals surface area (Å²) >= 11 is 0. The summed E-state index contributed by atoms with van der Waals surface area (Å²) in [6, 6.07) is -0.615. The predicted molar refractivity (Wildman–Crippen MR) is 141 cm³/mol. The third-order valence-corrected chi connectivity index (χ3v) is 8.24. The van der Waals surface area contributed by atoms with E-state index < -0.39 is 49.0 Å². The maximum absolute atomic E-state index is 14.3. The van der Waals surface area contributed by atoms with Gasteiger partial charge in [-0.3, -0.25) is 4.79 Å². The third kappa shape index (κ3) is 6.43. The number of aryl methyl sites for hydroxylation is 1. The molecule has 0 radical (unpaired) electrons. The average molecular weight is 609 g/mol. The molecule has 0 aromatic carbocycles. The molecule has 232 valence electrons. The Morgan fingerprint density at radius 2 is 1.95 bits per heavy atom. The highest BCUT2D eigenvalue weighted by atomic mass is 19.3. The highest BCUT2D eigenvalue weighted by Gasteiger charge is 2.43. The van der Waals surface area contributed by atoms with E-state index in [1.54, 1.807) is 19.2 Å². The van der Waals surface area contributed by atoms with Crippen molar-refractivity contribution in [3.05, 3.63) is 41.1 Å². The standard InChI is InChI=1S/C27H32F4N8O4/c1-2-18-23(37-43-36-18)24(40)35-22(15-5-7-26(28,29)8-6-15)19-11-39-21(34-19)9-16(10-33-39)20(12-42-17-3-4-17)38-14-27(30,31)13-32-25(38)41/h9-11,15,17,20,22H,2-8,12-14H2,1H3,(H,32,41)(H,35,40)/t20-,22+/m1/s1. The number of rotatable bonds is 10. The number of alkyl halides is 4. The fourth-order valence-corrected chi connectivity index (χ4v) is 5.65. The van der Waals surface area contributed by atoms with Crippen molar-refractivity contribution in [2.45, 2.75) is 81.9 Å². The third-order valence-electron chi connectivity index (χ3n) is 8.24. The SMILES string of the molecule is CCc1nonc1C(=O)N[C@H](c1cn2ncc([C@@H](COC3CC3)N3CC(F)(F)CNC3=O)cc2n1)C1CCC(F)(F)CC1. The molecule has 3 fully saturated rings. The molecule has 12 nitrogen and oxygen atoms in total. The number of ether oxygens (including phenoxy) is 1. The Labute approximate surface area is 243 Å². The number of halogens is 4. The Balaban J connectivity index is 1.31. The monoisotopic (exact) mass is 608 g/mol. The smallest absolute Gasteiger partial charge is 0.318 e. The Bertz CT molecular complexity index is 1480. The first-order valence-corrected chi connectivity index (χ1v) is 14.4. The van der Waals surface area contributed by atoms with Gasteiger partial charge in [0, 0.05) is 18.4 Å². The number of amides is 3. The number of hydrogen-bond acceptors (Lipinski definition) is 8. The zero-order valence-corrected chi connectivity index (χ0v) is 23.4. The lowest BCUT2D eigenvalue weighted by Gasteiger charge is -2.38. The van der Waals surface area contributed by atoms with Gasteiger partial charge in [-0.1, -0.05) is 12.1 Å². The van der Waals surface area contributed by atoms with Gasteiger partial charge in [0.1, 0.15) is 5.69 Å². The van der Waals surface area contributed by atoms with E-state index in [2.05, 4.69) is 31.0 Å². The summed E-state index contributed by atoms with van der Waals surface area (Å²) in [5.74, 6) is -6.82. The second-order valence-corrected chi connectivity index (χ2v) is 11.5. The Morgan fingerprint density at radius 1 is 1.19 bits per heavy atom. The molecule has 0 spiro atoms. The van der Waals surface area contributed by atoms with Crippen LogP contribution in [0.1, 0.15) is 85.0 Å². The molecule has 1 saturated heterocycles. The minimum Gasteiger partial charge on any atom is -0.376 e. The molecule has 0 unspecified atom stereocenters. The van der Waals surface area contributed by atoms with Crippen molar-refractivity contribution in [1.82, 2.24) is 40.4 Å². The minimum absolute atomic E-state index is 0.0000510. The van der Waals surface area contributed by atoms with Gasteiger partial charge in [-0.15, -0.1) is 0 Å². The Hall–Kier alpha value is -3.82. The van der Waals surface area contributed by atoms with E-state index in [0.29, 0.717) is 29.0 Å². The molecule has 16 heteroatoms. The molecule has 2 aliphatic carbocycles. The molecule has 6 rings (SSSR count). The summed E-state index contributed by atoms with van der Waals surface area (Å²) in [5, 5.41) is 17.0. The van der Waals surface area contributed by atoms with E-state index in [1.807, 2.05) is 0 Å². The first kappa shape index (κ1) is 29.3. The molecule has 3 aliphatic rings. The summed E-state index contributed by atoms with van der Waals surface area (Å²) in [5.41, 5.74) is 1.52. The highest BCUT2D eigenvalue weighted by Crippen LogP contribution is 2.41. The largest absolute Gasteiger partial charge is 0.376 e. The van der Waals surface area contributed by atoms with Crippen LogP contribution in [0.4, 0.5) is 22.4 Å². The maximum atomic E-state index is 14.3. The number of nitrogens with zero attached hydrogens (tertiary/aromatic N) is 6. The first-order chi connectivity index (χ1) is 20.5. The fraction of sp³-hybridized carbons (Fsp3) is 0.630. The lowest BCUT2D eigenvalue weighted by molar-refractivity contribution is -0.0542. The van der Waals surface area contributed by atoms with Gasteiger partial charge in [-0.05, 0) is 49.2 Å². The average Bonchev–Trinajstić information content (AvgIpc) is 3.50. The van der Waals surface area contributed by atoms with Gasteiger partial charge >= 0.3 is 6.03 Å². The van der Waals surface area contributed by atoms with Gasteiger partial charge in [-0.25, -0.2) is 36.5 Å². The second kappa shape index (κ2) is 11.4. The summed E-state index contributed by atoms with van der Waals surface area (Å²) in [7, 11) is 0.